The summed E-state index contributed by atoms with van der Waals surface area (Å²) in [5.41, 5.74) is 2.12. The smallest absolute Gasteiger partial charge is 0.349 e. The molecule has 49 heavy (non-hydrogen) atoms. The number of esters is 1. The molecule has 13 heteroatoms. The lowest BCUT2D eigenvalue weighted by atomic mass is 10.0. The number of nitrogens with zero attached hydrogens (tertiary/aromatic N) is 2. The number of halogens is 1. The number of sulfonamides is 1. The minimum absolute atomic E-state index is 0.175. The number of furan rings is 1. The monoisotopic (exact) mass is 684 g/mol. The van der Waals surface area contributed by atoms with Gasteiger partial charge in [0.1, 0.15) is 28.6 Å². The Bertz CT molecular complexity index is 2330. The summed E-state index contributed by atoms with van der Waals surface area (Å²) in [5.74, 6) is -1.08. The van der Waals surface area contributed by atoms with E-state index >= 15 is 0 Å². The van der Waals surface area contributed by atoms with Crippen molar-refractivity contribution < 1.29 is 36.3 Å². The molecular formula is C36H33FN4O7S. The molecule has 11 nitrogen and oxygen atoms in total. The molecule has 3 aromatic carbocycles. The predicted octanol–water partition coefficient (Wildman–Crippen LogP) is 6.54. The molecule has 252 valence electrons. The van der Waals surface area contributed by atoms with Crippen LogP contribution in [0.25, 0.3) is 55.8 Å². The number of methoxy groups -OCH3 is 1. The zero-order chi connectivity index (χ0) is 35.2. The first-order chi connectivity index (χ1) is 23.2. The van der Waals surface area contributed by atoms with Crippen LogP contribution >= 0.6 is 0 Å². The van der Waals surface area contributed by atoms with E-state index < -0.39 is 33.3 Å². The Morgan fingerprint density at radius 2 is 1.73 bits per heavy atom. The number of pyridine rings is 1. The molecule has 0 atom stereocenters. The number of carbonyl (C=O) groups excluding carboxylic acids is 2. The number of benzene rings is 3. The third-order valence-electron chi connectivity index (χ3n) is 8.16. The highest BCUT2D eigenvalue weighted by molar-refractivity contribution is 7.92. The number of aromatic nitrogens is 2. The van der Waals surface area contributed by atoms with Gasteiger partial charge < -0.3 is 24.2 Å². The molecule has 0 aliphatic rings. The van der Waals surface area contributed by atoms with Gasteiger partial charge in [0.25, 0.3) is 5.91 Å². The van der Waals surface area contributed by atoms with Gasteiger partial charge in [0, 0.05) is 47.6 Å². The van der Waals surface area contributed by atoms with Crippen molar-refractivity contribution in [3.8, 4) is 39.7 Å². The van der Waals surface area contributed by atoms with Crippen LogP contribution in [0.4, 0.5) is 10.1 Å². The molecule has 6 rings (SSSR count). The lowest BCUT2D eigenvalue weighted by Gasteiger charge is -2.25. The maximum atomic E-state index is 13.8. The highest BCUT2D eigenvalue weighted by Crippen LogP contribution is 2.42. The van der Waals surface area contributed by atoms with Crippen molar-refractivity contribution >= 4 is 49.5 Å². The van der Waals surface area contributed by atoms with Gasteiger partial charge in [-0.15, -0.1) is 0 Å². The fraction of sp³-hybridized carbons (Fsp3) is 0.194. The van der Waals surface area contributed by atoms with E-state index in [0.717, 1.165) is 21.5 Å². The summed E-state index contributed by atoms with van der Waals surface area (Å²) < 4.78 is 58.1. The maximum Gasteiger partial charge on any atom is 0.349 e. The predicted molar refractivity (Wildman–Crippen MR) is 185 cm³/mol. The van der Waals surface area contributed by atoms with E-state index in [-0.39, 0.29) is 28.3 Å². The molecule has 0 radical (unpaired) electrons. The minimum Gasteiger partial charge on any atom is -0.474 e. The summed E-state index contributed by atoms with van der Waals surface area (Å²) in [6, 6.07) is 21.5. The van der Waals surface area contributed by atoms with Gasteiger partial charge in [-0.2, -0.15) is 0 Å². The highest BCUT2D eigenvalue weighted by Gasteiger charge is 2.33. The van der Waals surface area contributed by atoms with Crippen LogP contribution in [-0.4, -0.2) is 63.3 Å². The standard InChI is InChI=1S/C36H33FN4O7S/c1-36(2,35(43)46-5)48-29-16-15-26(40-32(29)27-17-21-9-7-8-10-25(21)39-27)23-18-24-30(19-28(23)41(4)49(6,44)45)47-33(31(24)34(42)38-3)20-11-13-22(37)14-12-20/h7-19,39H,1-6H3,(H,38,42). The van der Waals surface area contributed by atoms with Crippen LogP contribution in [0.2, 0.25) is 0 Å². The van der Waals surface area contributed by atoms with Crippen molar-refractivity contribution in [2.75, 3.05) is 31.8 Å². The van der Waals surface area contributed by atoms with Crippen LogP contribution in [0.3, 0.4) is 0 Å². The van der Waals surface area contributed by atoms with E-state index in [9.17, 15) is 22.4 Å². The summed E-state index contributed by atoms with van der Waals surface area (Å²) in [6.07, 6.45) is 1.07. The van der Waals surface area contributed by atoms with Crippen LogP contribution in [0, 0.1) is 5.82 Å². The van der Waals surface area contributed by atoms with Crippen molar-refractivity contribution in [1.29, 1.82) is 0 Å². The molecule has 0 unspecified atom stereocenters. The summed E-state index contributed by atoms with van der Waals surface area (Å²) in [5, 5.41) is 3.92. The quantitative estimate of drug-likeness (QED) is 0.164. The van der Waals surface area contributed by atoms with Gasteiger partial charge in [0.15, 0.2) is 5.60 Å². The van der Waals surface area contributed by atoms with E-state index in [1.807, 2.05) is 30.3 Å². The van der Waals surface area contributed by atoms with Crippen molar-refractivity contribution in [3.63, 3.8) is 0 Å². The summed E-state index contributed by atoms with van der Waals surface area (Å²) in [6.45, 7) is 3.15. The van der Waals surface area contributed by atoms with E-state index in [4.69, 9.17) is 18.9 Å². The zero-order valence-corrected chi connectivity index (χ0v) is 28.4. The molecule has 3 aromatic heterocycles. The number of nitrogens with one attached hydrogen (secondary N) is 2. The zero-order valence-electron chi connectivity index (χ0n) is 27.5. The Labute approximate surface area is 281 Å². The first-order valence-electron chi connectivity index (χ1n) is 15.1. The van der Waals surface area contributed by atoms with Gasteiger partial charge >= 0.3 is 5.97 Å². The molecular weight excluding hydrogens is 651 g/mol. The number of anilines is 1. The van der Waals surface area contributed by atoms with Crippen LogP contribution in [0.1, 0.15) is 24.2 Å². The number of hydrogen-bond acceptors (Lipinski definition) is 8. The molecule has 0 aliphatic heterocycles. The summed E-state index contributed by atoms with van der Waals surface area (Å²) in [4.78, 5) is 34.2. The van der Waals surface area contributed by atoms with Crippen LogP contribution < -0.4 is 14.4 Å². The lowest BCUT2D eigenvalue weighted by Crippen LogP contribution is -2.39. The van der Waals surface area contributed by atoms with Crippen molar-refractivity contribution in [2.45, 2.75) is 19.4 Å². The van der Waals surface area contributed by atoms with Gasteiger partial charge in [0.2, 0.25) is 10.0 Å². The molecule has 6 aromatic rings. The second-order valence-corrected chi connectivity index (χ2v) is 13.9. The topological polar surface area (TPSA) is 144 Å². The van der Waals surface area contributed by atoms with E-state index in [0.29, 0.717) is 33.6 Å². The van der Waals surface area contributed by atoms with Crippen molar-refractivity contribution in [3.05, 3.63) is 90.2 Å². The highest BCUT2D eigenvalue weighted by atomic mass is 32.2. The average molecular weight is 685 g/mol. The van der Waals surface area contributed by atoms with Crippen LogP contribution in [0.5, 0.6) is 5.75 Å². The third kappa shape index (κ3) is 6.20. The molecule has 2 N–H and O–H groups in total. The number of rotatable bonds is 9. The Morgan fingerprint density at radius 3 is 2.39 bits per heavy atom. The Hall–Kier alpha value is -5.69. The first kappa shape index (κ1) is 33.2. The van der Waals surface area contributed by atoms with Gasteiger partial charge in [-0.25, -0.2) is 22.6 Å². The molecule has 0 saturated heterocycles. The average Bonchev–Trinajstić information content (AvgIpc) is 3.68. The van der Waals surface area contributed by atoms with E-state index in [2.05, 4.69) is 10.3 Å². The number of H-pyrrole nitrogens is 1. The second-order valence-electron chi connectivity index (χ2n) is 11.9. The maximum absolute atomic E-state index is 13.8. The fourth-order valence-corrected chi connectivity index (χ4v) is 6.07. The molecule has 0 fully saturated rings. The van der Waals surface area contributed by atoms with Crippen molar-refractivity contribution in [1.82, 2.24) is 15.3 Å². The molecule has 0 bridgehead atoms. The largest absolute Gasteiger partial charge is 0.474 e. The normalized spacial score (nSPS) is 11.9. The summed E-state index contributed by atoms with van der Waals surface area (Å²) >= 11 is 0. The minimum atomic E-state index is -3.80. The Balaban J connectivity index is 1.64. The van der Waals surface area contributed by atoms with Gasteiger partial charge in [-0.3, -0.25) is 9.10 Å². The van der Waals surface area contributed by atoms with E-state index in [1.54, 1.807) is 32.0 Å². The van der Waals surface area contributed by atoms with Gasteiger partial charge in [0.05, 0.1) is 36.0 Å². The number of aromatic amines is 1. The Morgan fingerprint density at radius 1 is 1.02 bits per heavy atom. The number of para-hydroxylation sites is 1. The summed E-state index contributed by atoms with van der Waals surface area (Å²) in [7, 11) is 0.350. The van der Waals surface area contributed by atoms with E-state index in [1.165, 1.54) is 51.5 Å². The van der Waals surface area contributed by atoms with Gasteiger partial charge in [-0.05, 0) is 68.4 Å². The number of fused-ring (bicyclic) bond motifs is 2. The van der Waals surface area contributed by atoms with Gasteiger partial charge in [-0.1, -0.05) is 18.2 Å². The lowest BCUT2D eigenvalue weighted by molar-refractivity contribution is -0.156. The number of ether oxygens (including phenoxy) is 2. The molecule has 0 saturated carbocycles. The molecule has 0 spiro atoms. The first-order valence-corrected chi connectivity index (χ1v) is 17.0. The van der Waals surface area contributed by atoms with Crippen LogP contribution in [-0.2, 0) is 19.6 Å². The second kappa shape index (κ2) is 12.4. The number of hydrogen-bond donors (Lipinski definition) is 2. The Kier molecular flexibility index (Phi) is 8.41. The fourth-order valence-electron chi connectivity index (χ4n) is 5.57. The molecule has 0 aliphatic carbocycles. The molecule has 1 amide bonds. The molecule has 3 heterocycles. The number of amides is 1. The number of carbonyl (C=O) groups is 2. The van der Waals surface area contributed by atoms with Crippen LogP contribution in [0.15, 0.2) is 83.3 Å². The SMILES string of the molecule is CNC(=O)c1c(-c2ccc(F)cc2)oc2cc(N(C)S(C)(=O)=O)c(-c3ccc(OC(C)(C)C(=O)OC)c(-c4cc5ccccc5[nH]4)n3)cc12. The van der Waals surface area contributed by atoms with Crippen molar-refractivity contribution in [2.24, 2.45) is 0 Å². The third-order valence-corrected chi connectivity index (χ3v) is 9.36.